The van der Waals surface area contributed by atoms with Gasteiger partial charge in [-0.2, -0.15) is 0 Å². The van der Waals surface area contributed by atoms with E-state index in [1.165, 1.54) is 0 Å². The van der Waals surface area contributed by atoms with Crippen LogP contribution in [0.5, 0.6) is 0 Å². The Kier molecular flexibility index (Phi) is 3.98. The lowest BCUT2D eigenvalue weighted by Gasteiger charge is -2.21. The van der Waals surface area contributed by atoms with E-state index in [0.29, 0.717) is 10.7 Å². The molecule has 4 nitrogen and oxygen atoms in total. The van der Waals surface area contributed by atoms with Gasteiger partial charge in [-0.25, -0.2) is 4.79 Å². The van der Waals surface area contributed by atoms with E-state index in [1.54, 1.807) is 12.1 Å². The number of rotatable bonds is 3. The molecule has 0 radical (unpaired) electrons. The summed E-state index contributed by atoms with van der Waals surface area (Å²) in [6.45, 7) is 5.50. The third kappa shape index (κ3) is 3.44. The fourth-order valence-corrected chi connectivity index (χ4v) is 2.47. The number of ether oxygens (including phenoxy) is 1. The average molecular weight is 297 g/mol. The Labute approximate surface area is 124 Å². The van der Waals surface area contributed by atoms with Crippen LogP contribution in [-0.2, 0) is 10.3 Å². The van der Waals surface area contributed by atoms with E-state index in [0.717, 1.165) is 18.4 Å². The fraction of sp³-hybridized carbons (Fsp3) is 0.533. The first kappa shape index (κ1) is 15.1. The molecule has 0 heterocycles. The molecule has 0 aliphatic heterocycles. The van der Waals surface area contributed by atoms with E-state index in [4.69, 9.17) is 16.3 Å². The molecule has 1 aliphatic rings. The maximum absolute atomic E-state index is 11.8. The van der Waals surface area contributed by atoms with Crippen LogP contribution in [0.4, 0.5) is 10.5 Å². The van der Waals surface area contributed by atoms with E-state index in [-0.39, 0.29) is 5.54 Å². The molecule has 110 valence electrons. The van der Waals surface area contributed by atoms with Crippen molar-refractivity contribution in [3.05, 3.63) is 28.8 Å². The van der Waals surface area contributed by atoms with Crippen LogP contribution in [-0.4, -0.2) is 18.7 Å². The first-order valence-corrected chi connectivity index (χ1v) is 7.12. The van der Waals surface area contributed by atoms with Crippen molar-refractivity contribution in [1.29, 1.82) is 0 Å². The van der Waals surface area contributed by atoms with E-state index in [1.807, 2.05) is 33.9 Å². The summed E-state index contributed by atoms with van der Waals surface area (Å²) < 4.78 is 5.24. The SMILES string of the molecule is CNC1(c2cc(NC(=O)OC(C)(C)C)ccc2Cl)CC1. The van der Waals surface area contributed by atoms with Crippen LogP contribution in [0.2, 0.25) is 5.02 Å². The van der Waals surface area contributed by atoms with Crippen LogP contribution >= 0.6 is 11.6 Å². The molecule has 1 amide bonds. The number of hydrogen-bond donors (Lipinski definition) is 2. The summed E-state index contributed by atoms with van der Waals surface area (Å²) in [5, 5.41) is 6.76. The van der Waals surface area contributed by atoms with Crippen LogP contribution in [0.15, 0.2) is 18.2 Å². The summed E-state index contributed by atoms with van der Waals surface area (Å²) in [6, 6.07) is 5.50. The van der Waals surface area contributed by atoms with Gasteiger partial charge in [0.15, 0.2) is 0 Å². The minimum absolute atomic E-state index is 0.0390. The topological polar surface area (TPSA) is 50.4 Å². The largest absolute Gasteiger partial charge is 0.444 e. The summed E-state index contributed by atoms with van der Waals surface area (Å²) in [6.07, 6.45) is 1.65. The Hall–Kier alpha value is -1.26. The van der Waals surface area contributed by atoms with Crippen molar-refractivity contribution in [2.24, 2.45) is 0 Å². The van der Waals surface area contributed by atoms with Gasteiger partial charge >= 0.3 is 6.09 Å². The van der Waals surface area contributed by atoms with Gasteiger partial charge in [-0.05, 0) is 64.4 Å². The minimum atomic E-state index is -0.512. The summed E-state index contributed by atoms with van der Waals surface area (Å²) in [7, 11) is 1.93. The van der Waals surface area contributed by atoms with Crippen molar-refractivity contribution >= 4 is 23.4 Å². The zero-order valence-electron chi connectivity index (χ0n) is 12.3. The molecular formula is C15H21ClN2O2. The number of nitrogens with one attached hydrogen (secondary N) is 2. The van der Waals surface area contributed by atoms with Gasteiger partial charge < -0.3 is 10.1 Å². The molecular weight excluding hydrogens is 276 g/mol. The molecule has 0 aromatic heterocycles. The van der Waals surface area contributed by atoms with Gasteiger partial charge in [0, 0.05) is 16.2 Å². The van der Waals surface area contributed by atoms with E-state index >= 15 is 0 Å². The Morgan fingerprint density at radius 2 is 2.00 bits per heavy atom. The Balaban J connectivity index is 2.14. The number of carbonyl (C=O) groups excluding carboxylic acids is 1. The predicted octanol–water partition coefficient (Wildman–Crippen LogP) is 3.90. The Morgan fingerprint density at radius 1 is 1.35 bits per heavy atom. The van der Waals surface area contributed by atoms with Gasteiger partial charge in [0.2, 0.25) is 0 Å². The molecule has 1 aliphatic carbocycles. The molecule has 1 fully saturated rings. The Morgan fingerprint density at radius 3 is 2.50 bits per heavy atom. The summed E-state index contributed by atoms with van der Waals surface area (Å²) >= 11 is 6.26. The quantitative estimate of drug-likeness (QED) is 0.889. The summed E-state index contributed by atoms with van der Waals surface area (Å²) in [4.78, 5) is 11.8. The van der Waals surface area contributed by atoms with Crippen LogP contribution in [0.1, 0.15) is 39.2 Å². The molecule has 1 aromatic rings. The van der Waals surface area contributed by atoms with E-state index in [9.17, 15) is 4.79 Å². The maximum Gasteiger partial charge on any atom is 0.412 e. The highest BCUT2D eigenvalue weighted by molar-refractivity contribution is 6.31. The Bertz CT molecular complexity index is 519. The number of hydrogen-bond acceptors (Lipinski definition) is 3. The van der Waals surface area contributed by atoms with Gasteiger partial charge in [-0.1, -0.05) is 11.6 Å². The molecule has 5 heteroatoms. The van der Waals surface area contributed by atoms with Crippen LogP contribution in [0.3, 0.4) is 0 Å². The molecule has 0 spiro atoms. The second-order valence-electron chi connectivity index (χ2n) is 6.15. The average Bonchev–Trinajstić information content (AvgIpc) is 3.10. The van der Waals surface area contributed by atoms with Crippen molar-refractivity contribution in [2.75, 3.05) is 12.4 Å². The summed E-state index contributed by atoms with van der Waals surface area (Å²) in [5.41, 5.74) is 1.17. The van der Waals surface area contributed by atoms with Crippen molar-refractivity contribution < 1.29 is 9.53 Å². The first-order valence-electron chi connectivity index (χ1n) is 6.75. The standard InChI is InChI=1S/C15H21ClN2O2/c1-14(2,3)20-13(19)18-10-5-6-12(16)11(9-10)15(17-4)7-8-15/h5-6,9,17H,7-8H2,1-4H3,(H,18,19). The zero-order chi connectivity index (χ0) is 15.0. The van der Waals surface area contributed by atoms with Gasteiger partial charge in [0.05, 0.1) is 0 Å². The van der Waals surface area contributed by atoms with Crippen LogP contribution < -0.4 is 10.6 Å². The van der Waals surface area contributed by atoms with Gasteiger partial charge in [-0.3, -0.25) is 5.32 Å². The normalized spacial score (nSPS) is 16.6. The third-order valence-corrected chi connectivity index (χ3v) is 3.69. The highest BCUT2D eigenvalue weighted by Gasteiger charge is 2.44. The molecule has 2 rings (SSSR count). The molecule has 0 saturated heterocycles. The molecule has 1 saturated carbocycles. The van der Waals surface area contributed by atoms with Gasteiger partial charge in [0.25, 0.3) is 0 Å². The molecule has 0 atom stereocenters. The number of benzene rings is 1. The predicted molar refractivity (Wildman–Crippen MR) is 81.3 cm³/mol. The van der Waals surface area contributed by atoms with Crippen LogP contribution in [0, 0.1) is 0 Å². The van der Waals surface area contributed by atoms with Gasteiger partial charge in [-0.15, -0.1) is 0 Å². The van der Waals surface area contributed by atoms with Gasteiger partial charge in [0.1, 0.15) is 5.60 Å². The number of amides is 1. The maximum atomic E-state index is 11.8. The van der Waals surface area contributed by atoms with Crippen molar-refractivity contribution in [1.82, 2.24) is 5.32 Å². The second kappa shape index (κ2) is 5.26. The number of carbonyl (C=O) groups is 1. The molecule has 2 N–H and O–H groups in total. The number of halogens is 1. The first-order chi connectivity index (χ1) is 9.26. The summed E-state index contributed by atoms with van der Waals surface area (Å²) in [5.74, 6) is 0. The lowest BCUT2D eigenvalue weighted by Crippen LogP contribution is -2.28. The number of anilines is 1. The molecule has 20 heavy (non-hydrogen) atoms. The lowest BCUT2D eigenvalue weighted by molar-refractivity contribution is 0.0636. The molecule has 0 bridgehead atoms. The molecule has 1 aromatic carbocycles. The van der Waals surface area contributed by atoms with Crippen molar-refractivity contribution in [3.8, 4) is 0 Å². The van der Waals surface area contributed by atoms with Crippen LogP contribution in [0.25, 0.3) is 0 Å². The third-order valence-electron chi connectivity index (χ3n) is 3.36. The monoisotopic (exact) mass is 296 g/mol. The van der Waals surface area contributed by atoms with E-state index in [2.05, 4.69) is 10.6 Å². The lowest BCUT2D eigenvalue weighted by atomic mass is 10.0. The van der Waals surface area contributed by atoms with E-state index < -0.39 is 11.7 Å². The smallest absolute Gasteiger partial charge is 0.412 e. The van der Waals surface area contributed by atoms with Crippen molar-refractivity contribution in [2.45, 2.75) is 44.8 Å². The second-order valence-corrected chi connectivity index (χ2v) is 6.56. The van der Waals surface area contributed by atoms with Crippen molar-refractivity contribution in [3.63, 3.8) is 0 Å². The minimum Gasteiger partial charge on any atom is -0.444 e. The highest BCUT2D eigenvalue weighted by atomic mass is 35.5. The molecule has 0 unspecified atom stereocenters. The zero-order valence-corrected chi connectivity index (χ0v) is 13.1. The fourth-order valence-electron chi connectivity index (χ4n) is 2.17. The highest BCUT2D eigenvalue weighted by Crippen LogP contribution is 2.48.